The molecule has 2 rings (SSSR count). The molecular formula is C24H30O4. The van der Waals surface area contributed by atoms with Crippen molar-refractivity contribution in [1.82, 2.24) is 0 Å². The molecule has 0 aliphatic carbocycles. The molecule has 0 radical (unpaired) electrons. The van der Waals surface area contributed by atoms with E-state index in [4.69, 9.17) is 9.47 Å². The summed E-state index contributed by atoms with van der Waals surface area (Å²) in [5, 5.41) is 0. The zero-order valence-corrected chi connectivity index (χ0v) is 16.9. The van der Waals surface area contributed by atoms with Gasteiger partial charge in [-0.15, -0.1) is 0 Å². The summed E-state index contributed by atoms with van der Waals surface area (Å²) in [5.74, 6) is -0.355. The normalized spacial score (nSPS) is 10.5. The second kappa shape index (κ2) is 12.0. The van der Waals surface area contributed by atoms with Gasteiger partial charge < -0.3 is 9.47 Å². The highest BCUT2D eigenvalue weighted by atomic mass is 16.5. The molecule has 0 amide bonds. The predicted molar refractivity (Wildman–Crippen MR) is 110 cm³/mol. The van der Waals surface area contributed by atoms with Crippen LogP contribution in [-0.2, 0) is 44.7 Å². The van der Waals surface area contributed by atoms with Crippen LogP contribution >= 0.6 is 0 Å². The van der Waals surface area contributed by atoms with Crippen LogP contribution in [0.1, 0.15) is 48.9 Å². The highest BCUT2D eigenvalue weighted by molar-refractivity contribution is 5.72. The van der Waals surface area contributed by atoms with Gasteiger partial charge in [-0.25, -0.2) is 0 Å². The topological polar surface area (TPSA) is 52.6 Å². The van der Waals surface area contributed by atoms with E-state index in [2.05, 4.69) is 24.3 Å². The second-order valence-electron chi connectivity index (χ2n) is 6.80. The van der Waals surface area contributed by atoms with Gasteiger partial charge in [-0.3, -0.25) is 9.59 Å². The Morgan fingerprint density at radius 2 is 0.929 bits per heavy atom. The van der Waals surface area contributed by atoms with Crippen LogP contribution in [0.25, 0.3) is 0 Å². The maximum atomic E-state index is 11.5. The van der Waals surface area contributed by atoms with Gasteiger partial charge in [0.2, 0.25) is 0 Å². The molecule has 0 spiro atoms. The molecule has 0 unspecified atom stereocenters. The second-order valence-corrected chi connectivity index (χ2v) is 6.80. The molecule has 0 N–H and O–H groups in total. The van der Waals surface area contributed by atoms with Crippen molar-refractivity contribution in [3.8, 4) is 0 Å². The molecule has 2 aromatic rings. The first-order valence-corrected chi connectivity index (χ1v) is 10.1. The van der Waals surface area contributed by atoms with Crippen LogP contribution in [0.4, 0.5) is 0 Å². The summed E-state index contributed by atoms with van der Waals surface area (Å²) in [4.78, 5) is 23.0. The third-order valence-corrected chi connectivity index (χ3v) is 4.53. The largest absolute Gasteiger partial charge is 0.466 e. The molecule has 0 aromatic heterocycles. The monoisotopic (exact) mass is 382 g/mol. The minimum absolute atomic E-state index is 0.177. The Morgan fingerprint density at radius 1 is 0.607 bits per heavy atom. The van der Waals surface area contributed by atoms with Crippen molar-refractivity contribution in [1.29, 1.82) is 0 Å². The molecule has 0 bridgehead atoms. The van der Waals surface area contributed by atoms with E-state index in [0.29, 0.717) is 26.1 Å². The zero-order valence-electron chi connectivity index (χ0n) is 16.9. The molecule has 28 heavy (non-hydrogen) atoms. The molecule has 0 atom stereocenters. The summed E-state index contributed by atoms with van der Waals surface area (Å²) < 4.78 is 9.95. The number of hydrogen-bond acceptors (Lipinski definition) is 4. The van der Waals surface area contributed by atoms with Crippen molar-refractivity contribution in [3.05, 3.63) is 70.8 Å². The Kier molecular flexibility index (Phi) is 9.26. The maximum absolute atomic E-state index is 11.5. The quantitative estimate of drug-likeness (QED) is 0.425. The lowest BCUT2D eigenvalue weighted by molar-refractivity contribution is -0.143. The number of ether oxygens (including phenoxy) is 2. The molecular weight excluding hydrogens is 352 g/mol. The number of benzene rings is 2. The fraction of sp³-hybridized carbons (Fsp3) is 0.417. The van der Waals surface area contributed by atoms with Gasteiger partial charge in [0.05, 0.1) is 26.1 Å². The number of esters is 2. The van der Waals surface area contributed by atoms with Gasteiger partial charge in [0.15, 0.2) is 0 Å². The number of hydrogen-bond donors (Lipinski definition) is 0. The minimum Gasteiger partial charge on any atom is -0.466 e. The Hall–Kier alpha value is -2.62. The lowest BCUT2D eigenvalue weighted by atomic mass is 10.0. The van der Waals surface area contributed by atoms with Crippen LogP contribution in [0.2, 0.25) is 0 Å². The summed E-state index contributed by atoms with van der Waals surface area (Å²) in [6.45, 7) is 4.48. The number of rotatable bonds is 11. The van der Waals surface area contributed by atoms with E-state index in [1.165, 1.54) is 11.1 Å². The van der Waals surface area contributed by atoms with E-state index in [-0.39, 0.29) is 11.9 Å². The van der Waals surface area contributed by atoms with Crippen LogP contribution in [0, 0.1) is 0 Å². The molecule has 2 aromatic carbocycles. The van der Waals surface area contributed by atoms with Gasteiger partial charge in [-0.05, 0) is 61.8 Å². The lowest BCUT2D eigenvalue weighted by Crippen LogP contribution is -2.07. The van der Waals surface area contributed by atoms with Crippen molar-refractivity contribution in [2.24, 2.45) is 0 Å². The first kappa shape index (κ1) is 21.7. The van der Waals surface area contributed by atoms with Crippen molar-refractivity contribution < 1.29 is 19.1 Å². The van der Waals surface area contributed by atoms with Gasteiger partial charge in [0, 0.05) is 0 Å². The number of carbonyl (C=O) groups excluding carboxylic acids is 2. The molecule has 150 valence electrons. The van der Waals surface area contributed by atoms with Gasteiger partial charge in [0.1, 0.15) is 0 Å². The number of unbranched alkanes of at least 4 members (excludes halogenated alkanes) is 1. The van der Waals surface area contributed by atoms with Crippen molar-refractivity contribution in [2.45, 2.75) is 52.4 Å². The van der Waals surface area contributed by atoms with E-state index in [9.17, 15) is 9.59 Å². The summed E-state index contributed by atoms with van der Waals surface area (Å²) in [5.41, 5.74) is 4.56. The van der Waals surface area contributed by atoms with E-state index in [1.54, 1.807) is 0 Å². The lowest BCUT2D eigenvalue weighted by Gasteiger charge is -2.06. The Bertz CT molecular complexity index is 667. The molecule has 4 nitrogen and oxygen atoms in total. The third kappa shape index (κ3) is 7.95. The van der Waals surface area contributed by atoms with E-state index in [0.717, 1.165) is 36.8 Å². The first-order valence-electron chi connectivity index (χ1n) is 10.1. The smallest absolute Gasteiger partial charge is 0.310 e. The van der Waals surface area contributed by atoms with Crippen molar-refractivity contribution >= 4 is 11.9 Å². The standard InChI is InChI=1S/C24H30O4/c1-3-27-23(25)17-21-13-9-19(10-14-21)7-5-6-8-20-11-15-22(16-12-20)18-24(26)28-4-2/h9-16H,3-8,17-18H2,1-2H3. The molecule has 4 heteroatoms. The van der Waals surface area contributed by atoms with Crippen LogP contribution in [0.5, 0.6) is 0 Å². The van der Waals surface area contributed by atoms with Crippen LogP contribution in [0.3, 0.4) is 0 Å². The predicted octanol–water partition coefficient (Wildman–Crippen LogP) is 4.46. The van der Waals surface area contributed by atoms with Crippen LogP contribution < -0.4 is 0 Å². The van der Waals surface area contributed by atoms with E-state index >= 15 is 0 Å². The molecule has 0 saturated heterocycles. The van der Waals surface area contributed by atoms with Gasteiger partial charge >= 0.3 is 11.9 Å². The van der Waals surface area contributed by atoms with E-state index in [1.807, 2.05) is 38.1 Å². The molecule has 0 heterocycles. The van der Waals surface area contributed by atoms with Gasteiger partial charge in [-0.2, -0.15) is 0 Å². The molecule has 0 fully saturated rings. The van der Waals surface area contributed by atoms with Crippen LogP contribution in [0.15, 0.2) is 48.5 Å². The maximum Gasteiger partial charge on any atom is 0.310 e. The third-order valence-electron chi connectivity index (χ3n) is 4.53. The number of aryl methyl sites for hydroxylation is 2. The summed E-state index contributed by atoms with van der Waals surface area (Å²) in [7, 11) is 0. The zero-order chi connectivity index (χ0) is 20.2. The van der Waals surface area contributed by atoms with Crippen molar-refractivity contribution in [2.75, 3.05) is 13.2 Å². The average Bonchev–Trinajstić information content (AvgIpc) is 2.68. The summed E-state index contributed by atoms with van der Waals surface area (Å²) >= 11 is 0. The molecule has 0 saturated carbocycles. The summed E-state index contributed by atoms with van der Waals surface area (Å²) in [6.07, 6.45) is 4.95. The molecule has 0 aliphatic rings. The fourth-order valence-electron chi connectivity index (χ4n) is 3.06. The molecule has 0 aliphatic heterocycles. The number of carbonyl (C=O) groups is 2. The highest BCUT2D eigenvalue weighted by Crippen LogP contribution is 2.13. The first-order chi connectivity index (χ1) is 13.6. The van der Waals surface area contributed by atoms with Crippen LogP contribution in [-0.4, -0.2) is 25.2 Å². The van der Waals surface area contributed by atoms with Gasteiger partial charge in [-0.1, -0.05) is 48.5 Å². The van der Waals surface area contributed by atoms with E-state index < -0.39 is 0 Å². The Labute approximate surface area is 167 Å². The Balaban J connectivity index is 1.69. The SMILES string of the molecule is CCOC(=O)Cc1ccc(CCCCc2ccc(CC(=O)OCC)cc2)cc1. The Morgan fingerprint density at radius 3 is 1.25 bits per heavy atom. The minimum atomic E-state index is -0.177. The summed E-state index contributed by atoms with van der Waals surface area (Å²) in [6, 6.07) is 16.4. The van der Waals surface area contributed by atoms with Gasteiger partial charge in [0.25, 0.3) is 0 Å². The average molecular weight is 383 g/mol. The van der Waals surface area contributed by atoms with Crippen molar-refractivity contribution in [3.63, 3.8) is 0 Å². The fourth-order valence-corrected chi connectivity index (χ4v) is 3.06. The highest BCUT2D eigenvalue weighted by Gasteiger charge is 2.05.